The van der Waals surface area contributed by atoms with E-state index in [2.05, 4.69) is 106 Å². The molecule has 0 amide bonds. The van der Waals surface area contributed by atoms with Gasteiger partial charge in [0.05, 0.1) is 11.6 Å². The molecule has 0 aliphatic rings. The fourth-order valence-electron chi connectivity index (χ4n) is 3.94. The van der Waals surface area contributed by atoms with Crippen LogP contribution in [0, 0.1) is 0 Å². The summed E-state index contributed by atoms with van der Waals surface area (Å²) >= 11 is 0. The van der Waals surface area contributed by atoms with Gasteiger partial charge in [-0.1, -0.05) is 102 Å². The van der Waals surface area contributed by atoms with Crippen molar-refractivity contribution in [1.82, 2.24) is 15.0 Å². The Balaban J connectivity index is 1.63. The van der Waals surface area contributed by atoms with Gasteiger partial charge in [0.25, 0.3) is 0 Å². The molecule has 1 atom stereocenters. The minimum atomic E-state index is 0.0634. The van der Waals surface area contributed by atoms with Crippen molar-refractivity contribution in [3.05, 3.63) is 120 Å². The van der Waals surface area contributed by atoms with Gasteiger partial charge in [-0.2, -0.15) is 0 Å². The van der Waals surface area contributed by atoms with Crippen LogP contribution in [0.25, 0.3) is 22.2 Å². The first kappa shape index (κ1) is 17.4. The van der Waals surface area contributed by atoms with E-state index in [1.807, 2.05) is 18.2 Å². The van der Waals surface area contributed by atoms with Crippen LogP contribution in [0.4, 0.5) is 0 Å². The van der Waals surface area contributed by atoms with Gasteiger partial charge in [0.1, 0.15) is 5.52 Å². The molecular weight excluding hydrogens is 354 g/mol. The molecule has 29 heavy (non-hydrogen) atoms. The van der Waals surface area contributed by atoms with Gasteiger partial charge in [-0.3, -0.25) is 0 Å². The highest BCUT2D eigenvalue weighted by Crippen LogP contribution is 2.31. The smallest absolute Gasteiger partial charge is 0.113 e. The highest BCUT2D eigenvalue weighted by molar-refractivity contribution is 5.74. The van der Waals surface area contributed by atoms with E-state index in [9.17, 15) is 0 Å². The molecule has 1 aromatic heterocycles. The van der Waals surface area contributed by atoms with Crippen LogP contribution in [0.1, 0.15) is 17.2 Å². The lowest BCUT2D eigenvalue weighted by Crippen LogP contribution is -2.15. The van der Waals surface area contributed by atoms with E-state index in [-0.39, 0.29) is 6.04 Å². The lowest BCUT2D eigenvalue weighted by atomic mass is 9.92. The first-order chi connectivity index (χ1) is 14.4. The molecule has 1 heterocycles. The van der Waals surface area contributed by atoms with Crippen molar-refractivity contribution < 1.29 is 0 Å². The molecule has 140 valence electrons. The Labute approximate surface area is 170 Å². The van der Waals surface area contributed by atoms with Gasteiger partial charge in [0.2, 0.25) is 0 Å². The van der Waals surface area contributed by atoms with E-state index in [1.165, 1.54) is 22.3 Å². The molecule has 0 aliphatic carbocycles. The molecule has 0 spiro atoms. The number of fused-ring (bicyclic) bond motifs is 1. The van der Waals surface area contributed by atoms with Gasteiger partial charge in [0.15, 0.2) is 0 Å². The minimum Gasteiger partial charge on any atom is -0.237 e. The maximum atomic E-state index is 4.54. The molecule has 1 unspecified atom stereocenters. The average Bonchev–Trinajstić information content (AvgIpc) is 3.23. The number of aromatic nitrogens is 3. The molecule has 3 heteroatoms. The maximum Gasteiger partial charge on any atom is 0.113 e. The fraction of sp³-hybridized carbons (Fsp3) is 0.0769. The summed E-state index contributed by atoms with van der Waals surface area (Å²) in [7, 11) is 0. The van der Waals surface area contributed by atoms with Gasteiger partial charge in [-0.15, -0.1) is 5.10 Å². The molecule has 5 rings (SSSR count). The molecule has 5 aromatic rings. The van der Waals surface area contributed by atoms with E-state index in [0.29, 0.717) is 0 Å². The predicted molar refractivity (Wildman–Crippen MR) is 118 cm³/mol. The van der Waals surface area contributed by atoms with Crippen LogP contribution in [-0.4, -0.2) is 15.0 Å². The van der Waals surface area contributed by atoms with E-state index >= 15 is 0 Å². The zero-order valence-corrected chi connectivity index (χ0v) is 16.0. The minimum absolute atomic E-state index is 0.0634. The van der Waals surface area contributed by atoms with Crippen LogP contribution in [0.2, 0.25) is 0 Å². The third kappa shape index (κ3) is 3.43. The monoisotopic (exact) mass is 375 g/mol. The Morgan fingerprint density at radius 2 is 1.31 bits per heavy atom. The van der Waals surface area contributed by atoms with Crippen molar-refractivity contribution in [2.24, 2.45) is 0 Å². The summed E-state index contributed by atoms with van der Waals surface area (Å²) in [6.45, 7) is 0. The molecular formula is C26H21N3. The fourth-order valence-corrected chi connectivity index (χ4v) is 3.94. The van der Waals surface area contributed by atoms with E-state index in [1.54, 1.807) is 0 Å². The number of rotatable bonds is 5. The Hall–Kier alpha value is -3.72. The molecule has 4 aromatic carbocycles. The van der Waals surface area contributed by atoms with Crippen molar-refractivity contribution in [2.45, 2.75) is 12.5 Å². The number of hydrogen-bond donors (Lipinski definition) is 0. The summed E-state index contributed by atoms with van der Waals surface area (Å²) in [6, 6.07) is 38.0. The van der Waals surface area contributed by atoms with Gasteiger partial charge in [0, 0.05) is 0 Å². The topological polar surface area (TPSA) is 30.7 Å². The SMILES string of the molecule is c1ccc(-c2ccccc2CC(c2ccccc2)n2nnc3ccccc32)cc1. The highest BCUT2D eigenvalue weighted by atomic mass is 15.4. The Bertz CT molecular complexity index is 1230. The predicted octanol–water partition coefficient (Wildman–Crippen LogP) is 5.93. The lowest BCUT2D eigenvalue weighted by molar-refractivity contribution is 0.519. The maximum absolute atomic E-state index is 4.54. The second-order valence-corrected chi connectivity index (χ2v) is 7.18. The molecule has 0 bridgehead atoms. The molecule has 0 saturated carbocycles. The van der Waals surface area contributed by atoms with E-state index < -0.39 is 0 Å². The van der Waals surface area contributed by atoms with Crippen molar-refractivity contribution in [3.63, 3.8) is 0 Å². The van der Waals surface area contributed by atoms with Gasteiger partial charge >= 0.3 is 0 Å². The number of nitrogens with zero attached hydrogens (tertiary/aromatic N) is 3. The third-order valence-corrected chi connectivity index (χ3v) is 5.37. The van der Waals surface area contributed by atoms with Crippen molar-refractivity contribution in [3.8, 4) is 11.1 Å². The summed E-state index contributed by atoms with van der Waals surface area (Å²) in [4.78, 5) is 0. The standard InChI is InChI=1S/C26H21N3/c1-3-11-20(12-4-1)23-16-8-7-15-22(23)19-26(21-13-5-2-6-14-21)29-25-18-10-9-17-24(25)27-28-29/h1-18,26H,19H2. The van der Waals surface area contributed by atoms with Crippen LogP contribution in [0.3, 0.4) is 0 Å². The normalized spacial score (nSPS) is 12.1. The number of benzene rings is 4. The molecule has 0 radical (unpaired) electrons. The Morgan fingerprint density at radius 1 is 0.655 bits per heavy atom. The quantitative estimate of drug-likeness (QED) is 0.381. The average molecular weight is 375 g/mol. The van der Waals surface area contributed by atoms with Crippen LogP contribution in [-0.2, 0) is 6.42 Å². The third-order valence-electron chi connectivity index (χ3n) is 5.37. The molecule has 0 saturated heterocycles. The number of hydrogen-bond acceptors (Lipinski definition) is 2. The van der Waals surface area contributed by atoms with Crippen molar-refractivity contribution in [1.29, 1.82) is 0 Å². The second kappa shape index (κ2) is 7.72. The molecule has 0 aliphatic heterocycles. The highest BCUT2D eigenvalue weighted by Gasteiger charge is 2.20. The van der Waals surface area contributed by atoms with Crippen molar-refractivity contribution in [2.75, 3.05) is 0 Å². The zero-order chi connectivity index (χ0) is 19.5. The van der Waals surface area contributed by atoms with E-state index in [0.717, 1.165) is 17.5 Å². The summed E-state index contributed by atoms with van der Waals surface area (Å²) in [5.41, 5.74) is 7.00. The number of para-hydroxylation sites is 1. The first-order valence-corrected chi connectivity index (χ1v) is 9.88. The lowest BCUT2D eigenvalue weighted by Gasteiger charge is -2.20. The Morgan fingerprint density at radius 3 is 2.14 bits per heavy atom. The summed E-state index contributed by atoms with van der Waals surface area (Å²) in [5.74, 6) is 0. The van der Waals surface area contributed by atoms with Gasteiger partial charge in [-0.05, 0) is 40.8 Å². The van der Waals surface area contributed by atoms with Crippen LogP contribution >= 0.6 is 0 Å². The van der Waals surface area contributed by atoms with Crippen LogP contribution in [0.15, 0.2) is 109 Å². The van der Waals surface area contributed by atoms with Crippen LogP contribution < -0.4 is 0 Å². The summed E-state index contributed by atoms with van der Waals surface area (Å²) < 4.78 is 2.06. The van der Waals surface area contributed by atoms with Gasteiger partial charge < -0.3 is 0 Å². The van der Waals surface area contributed by atoms with Crippen LogP contribution in [0.5, 0.6) is 0 Å². The largest absolute Gasteiger partial charge is 0.237 e. The van der Waals surface area contributed by atoms with Crippen molar-refractivity contribution >= 4 is 11.0 Å². The first-order valence-electron chi connectivity index (χ1n) is 9.88. The summed E-state index contributed by atoms with van der Waals surface area (Å²) in [6.07, 6.45) is 0.836. The summed E-state index contributed by atoms with van der Waals surface area (Å²) in [5, 5.41) is 8.94. The Kier molecular flexibility index (Phi) is 4.63. The molecule has 0 N–H and O–H groups in total. The molecule has 3 nitrogen and oxygen atoms in total. The molecule has 0 fully saturated rings. The van der Waals surface area contributed by atoms with Gasteiger partial charge in [-0.25, -0.2) is 4.68 Å². The zero-order valence-electron chi connectivity index (χ0n) is 16.0. The van der Waals surface area contributed by atoms with E-state index in [4.69, 9.17) is 0 Å². The second-order valence-electron chi connectivity index (χ2n) is 7.18.